The lowest BCUT2D eigenvalue weighted by Gasteiger charge is -2.04. The molecule has 0 saturated carbocycles. The van der Waals surface area contributed by atoms with Gasteiger partial charge in [-0.3, -0.25) is 10.2 Å². The van der Waals surface area contributed by atoms with Crippen molar-refractivity contribution in [3.05, 3.63) is 77.4 Å². The number of carbonyl (C=O) groups is 2. The Kier molecular flexibility index (Phi) is 5.81. The molecule has 0 spiro atoms. The average Bonchev–Trinajstić information content (AvgIpc) is 2.60. The smallest absolute Gasteiger partial charge is 0.335 e. The van der Waals surface area contributed by atoms with E-state index >= 15 is 0 Å². The van der Waals surface area contributed by atoms with E-state index in [1.54, 1.807) is 24.3 Å². The SMILES string of the molecule is N=C/C=C\C(=N)Sc1ccc(C(=O)c2ccc(C(=O)O)cc2)cc1. The highest BCUT2D eigenvalue weighted by Crippen LogP contribution is 2.21. The molecule has 0 radical (unpaired) electrons. The molecular formula is C18H14N2O3S. The summed E-state index contributed by atoms with van der Waals surface area (Å²) in [6, 6.07) is 12.6. The fraction of sp³-hybridized carbons (Fsp3) is 0. The Balaban J connectivity index is 2.10. The molecule has 3 N–H and O–H groups in total. The summed E-state index contributed by atoms with van der Waals surface area (Å²) >= 11 is 1.22. The second-order valence-electron chi connectivity index (χ2n) is 4.73. The number of allylic oxidation sites excluding steroid dienone is 1. The van der Waals surface area contributed by atoms with Gasteiger partial charge in [0.2, 0.25) is 0 Å². The molecule has 0 aliphatic heterocycles. The summed E-state index contributed by atoms with van der Waals surface area (Å²) in [5.74, 6) is -1.22. The van der Waals surface area contributed by atoms with E-state index in [-0.39, 0.29) is 11.3 Å². The molecule has 0 unspecified atom stereocenters. The molecule has 0 saturated heterocycles. The zero-order valence-corrected chi connectivity index (χ0v) is 13.3. The number of rotatable bonds is 6. The van der Waals surface area contributed by atoms with Crippen LogP contribution in [0.2, 0.25) is 0 Å². The number of nitrogens with one attached hydrogen (secondary N) is 2. The Morgan fingerprint density at radius 2 is 1.42 bits per heavy atom. The van der Waals surface area contributed by atoms with Crippen molar-refractivity contribution in [2.24, 2.45) is 0 Å². The molecule has 120 valence electrons. The topological polar surface area (TPSA) is 102 Å². The number of benzene rings is 2. The summed E-state index contributed by atoms with van der Waals surface area (Å²) in [6.45, 7) is 0. The van der Waals surface area contributed by atoms with Crippen LogP contribution >= 0.6 is 11.8 Å². The molecule has 2 aromatic rings. The van der Waals surface area contributed by atoms with Gasteiger partial charge in [0.05, 0.1) is 10.6 Å². The van der Waals surface area contributed by atoms with Crippen LogP contribution in [0.5, 0.6) is 0 Å². The molecule has 24 heavy (non-hydrogen) atoms. The van der Waals surface area contributed by atoms with Crippen molar-refractivity contribution in [2.45, 2.75) is 4.90 Å². The molecule has 6 heteroatoms. The summed E-state index contributed by atoms with van der Waals surface area (Å²) in [5, 5.41) is 23.8. The highest BCUT2D eigenvalue weighted by Gasteiger charge is 2.10. The quantitative estimate of drug-likeness (QED) is 0.322. The molecule has 2 rings (SSSR count). The number of carboxylic acid groups (broad SMARTS) is 1. The number of ketones is 1. The molecule has 0 aliphatic rings. The summed E-state index contributed by atoms with van der Waals surface area (Å²) in [6.07, 6.45) is 4.08. The van der Waals surface area contributed by atoms with Gasteiger partial charge in [0.1, 0.15) is 0 Å². The summed E-state index contributed by atoms with van der Waals surface area (Å²) in [4.78, 5) is 24.0. The van der Waals surface area contributed by atoms with Crippen molar-refractivity contribution in [3.8, 4) is 0 Å². The van der Waals surface area contributed by atoms with Crippen molar-refractivity contribution in [3.63, 3.8) is 0 Å². The van der Waals surface area contributed by atoms with Crippen LogP contribution in [-0.2, 0) is 0 Å². The Morgan fingerprint density at radius 1 is 0.917 bits per heavy atom. The first-order chi connectivity index (χ1) is 11.5. The van der Waals surface area contributed by atoms with E-state index in [4.69, 9.17) is 15.9 Å². The number of hydrogen-bond donors (Lipinski definition) is 3. The van der Waals surface area contributed by atoms with Gasteiger partial charge in [-0.25, -0.2) is 4.79 Å². The van der Waals surface area contributed by atoms with Gasteiger partial charge >= 0.3 is 5.97 Å². The Hall–Kier alpha value is -2.99. The summed E-state index contributed by atoms with van der Waals surface area (Å²) in [5.41, 5.74) is 1.04. The van der Waals surface area contributed by atoms with E-state index in [1.807, 2.05) is 0 Å². The van der Waals surface area contributed by atoms with Crippen LogP contribution in [0.1, 0.15) is 26.3 Å². The van der Waals surface area contributed by atoms with Gasteiger partial charge in [-0.15, -0.1) is 0 Å². The zero-order chi connectivity index (χ0) is 17.5. The van der Waals surface area contributed by atoms with Gasteiger partial charge in [0, 0.05) is 22.2 Å². The molecule has 0 bridgehead atoms. The maximum Gasteiger partial charge on any atom is 0.335 e. The lowest BCUT2D eigenvalue weighted by atomic mass is 10.0. The summed E-state index contributed by atoms with van der Waals surface area (Å²) < 4.78 is 0. The van der Waals surface area contributed by atoms with Gasteiger partial charge < -0.3 is 10.5 Å². The summed E-state index contributed by atoms with van der Waals surface area (Å²) in [7, 11) is 0. The average molecular weight is 338 g/mol. The number of carboxylic acids is 1. The lowest BCUT2D eigenvalue weighted by Crippen LogP contribution is -2.03. The van der Waals surface area contributed by atoms with Crippen LogP contribution in [-0.4, -0.2) is 28.1 Å². The fourth-order valence-electron chi connectivity index (χ4n) is 1.90. The van der Waals surface area contributed by atoms with Gasteiger partial charge in [0.25, 0.3) is 0 Å². The molecule has 0 fully saturated rings. The molecule has 0 atom stereocenters. The Labute approximate surface area is 143 Å². The predicted octanol–water partition coefficient (Wildman–Crippen LogP) is 3.89. The van der Waals surface area contributed by atoms with Crippen molar-refractivity contribution < 1.29 is 14.7 Å². The highest BCUT2D eigenvalue weighted by atomic mass is 32.2. The monoisotopic (exact) mass is 338 g/mol. The van der Waals surface area contributed by atoms with Gasteiger partial charge in [-0.05, 0) is 48.6 Å². The highest BCUT2D eigenvalue weighted by molar-refractivity contribution is 8.14. The van der Waals surface area contributed by atoms with Crippen molar-refractivity contribution >= 4 is 34.8 Å². The minimum Gasteiger partial charge on any atom is -0.478 e. The first kappa shape index (κ1) is 17.4. The van der Waals surface area contributed by atoms with Crippen molar-refractivity contribution in [1.82, 2.24) is 0 Å². The lowest BCUT2D eigenvalue weighted by molar-refractivity contribution is 0.0696. The number of aromatic carboxylic acids is 1. The number of carbonyl (C=O) groups excluding carboxylic acids is 1. The van der Waals surface area contributed by atoms with Crippen LogP contribution < -0.4 is 0 Å². The van der Waals surface area contributed by atoms with Crippen LogP contribution in [0.4, 0.5) is 0 Å². The van der Waals surface area contributed by atoms with Crippen molar-refractivity contribution in [1.29, 1.82) is 10.8 Å². The van der Waals surface area contributed by atoms with E-state index in [0.717, 1.165) is 11.1 Å². The molecule has 0 amide bonds. The minimum absolute atomic E-state index is 0.134. The van der Waals surface area contributed by atoms with Gasteiger partial charge in [-0.1, -0.05) is 23.9 Å². The number of thioether (sulfide) groups is 1. The van der Waals surface area contributed by atoms with E-state index < -0.39 is 5.97 Å². The number of hydrogen-bond acceptors (Lipinski definition) is 5. The van der Waals surface area contributed by atoms with E-state index in [0.29, 0.717) is 16.2 Å². The third-order valence-corrected chi connectivity index (χ3v) is 3.95. The van der Waals surface area contributed by atoms with Gasteiger partial charge in [-0.2, -0.15) is 0 Å². The predicted molar refractivity (Wildman–Crippen MR) is 94.8 cm³/mol. The van der Waals surface area contributed by atoms with Gasteiger partial charge in [0.15, 0.2) is 5.78 Å². The zero-order valence-electron chi connectivity index (χ0n) is 12.5. The standard InChI is InChI=1S/C18H14N2O3S/c19-11-1-2-16(20)24-15-9-7-13(8-10-15)17(21)12-3-5-14(6-4-12)18(22)23/h1-11,19-20H,(H,22,23)/b2-1-,19-11?,20-16?. The normalized spacial score (nSPS) is 10.5. The molecule has 2 aromatic carbocycles. The Bertz CT molecular complexity index is 809. The fourth-order valence-corrected chi connectivity index (χ4v) is 2.57. The molecule has 0 aliphatic carbocycles. The van der Waals surface area contributed by atoms with Crippen molar-refractivity contribution in [2.75, 3.05) is 0 Å². The third kappa shape index (κ3) is 4.50. The van der Waals surface area contributed by atoms with Crippen LogP contribution in [0.3, 0.4) is 0 Å². The molecule has 0 heterocycles. The maximum atomic E-state index is 12.4. The first-order valence-corrected chi connectivity index (χ1v) is 7.74. The maximum absolute atomic E-state index is 12.4. The van der Waals surface area contributed by atoms with E-state index in [1.165, 1.54) is 48.2 Å². The Morgan fingerprint density at radius 3 is 1.92 bits per heavy atom. The molecular weight excluding hydrogens is 324 g/mol. The molecule has 5 nitrogen and oxygen atoms in total. The van der Waals surface area contributed by atoms with E-state index in [9.17, 15) is 9.59 Å². The van der Waals surface area contributed by atoms with Crippen LogP contribution in [0, 0.1) is 10.8 Å². The molecule has 0 aromatic heterocycles. The first-order valence-electron chi connectivity index (χ1n) is 6.93. The largest absolute Gasteiger partial charge is 0.478 e. The second-order valence-corrected chi connectivity index (χ2v) is 5.84. The second kappa shape index (κ2) is 8.03. The van der Waals surface area contributed by atoms with Crippen LogP contribution in [0.15, 0.2) is 65.6 Å². The van der Waals surface area contributed by atoms with Crippen LogP contribution in [0.25, 0.3) is 0 Å². The third-order valence-electron chi connectivity index (χ3n) is 3.08. The minimum atomic E-state index is -1.03. The van der Waals surface area contributed by atoms with E-state index in [2.05, 4.69) is 0 Å².